The number of primary amides is 1. The molecule has 0 aromatic heterocycles. The third-order valence-corrected chi connectivity index (χ3v) is 3.60. The lowest BCUT2D eigenvalue weighted by Gasteiger charge is -2.25. The number of hydrogen-bond acceptors (Lipinski definition) is 4. The van der Waals surface area contributed by atoms with Crippen molar-refractivity contribution in [1.29, 1.82) is 0 Å². The van der Waals surface area contributed by atoms with Crippen LogP contribution in [-0.4, -0.2) is 42.9 Å². The second kappa shape index (κ2) is 5.81. The molecule has 0 radical (unpaired) electrons. The highest BCUT2D eigenvalue weighted by atomic mass is 16.2. The molecule has 1 aromatic carbocycles. The minimum atomic E-state index is -0.466. The first-order valence-electron chi connectivity index (χ1n) is 6.69. The fourth-order valence-electron chi connectivity index (χ4n) is 2.44. The molecule has 1 aromatic rings. The number of rotatable bonds is 2. The van der Waals surface area contributed by atoms with Crippen molar-refractivity contribution in [1.82, 2.24) is 4.90 Å². The van der Waals surface area contributed by atoms with E-state index < -0.39 is 5.91 Å². The van der Waals surface area contributed by atoms with Gasteiger partial charge in [0, 0.05) is 38.7 Å². The quantitative estimate of drug-likeness (QED) is 0.766. The van der Waals surface area contributed by atoms with Gasteiger partial charge in [0.1, 0.15) is 0 Å². The van der Waals surface area contributed by atoms with E-state index in [1.165, 1.54) is 0 Å². The SMILES string of the molecule is CC(=O)N1CCCN(c2cc(C(N)=O)ccc2N)CC1. The van der Waals surface area contributed by atoms with E-state index in [1.807, 2.05) is 4.90 Å². The average Bonchev–Trinajstić information content (AvgIpc) is 2.64. The molecule has 1 aliphatic rings. The van der Waals surface area contributed by atoms with Gasteiger partial charge in [0.25, 0.3) is 0 Å². The summed E-state index contributed by atoms with van der Waals surface area (Å²) in [6.07, 6.45) is 0.875. The fourth-order valence-corrected chi connectivity index (χ4v) is 2.44. The fraction of sp³-hybridized carbons (Fsp3) is 0.429. The number of nitrogen functional groups attached to an aromatic ring is 1. The third kappa shape index (κ3) is 3.01. The highest BCUT2D eigenvalue weighted by Gasteiger charge is 2.18. The molecule has 0 unspecified atom stereocenters. The molecule has 6 nitrogen and oxygen atoms in total. The number of carbonyl (C=O) groups is 2. The van der Waals surface area contributed by atoms with Crippen molar-refractivity contribution in [3.05, 3.63) is 23.8 Å². The van der Waals surface area contributed by atoms with Gasteiger partial charge in [-0.1, -0.05) is 0 Å². The zero-order chi connectivity index (χ0) is 14.7. The second-order valence-corrected chi connectivity index (χ2v) is 4.98. The van der Waals surface area contributed by atoms with Gasteiger partial charge in [0.05, 0.1) is 11.4 Å². The molecular formula is C14H20N4O2. The van der Waals surface area contributed by atoms with E-state index in [0.717, 1.165) is 25.2 Å². The van der Waals surface area contributed by atoms with Gasteiger partial charge in [-0.15, -0.1) is 0 Å². The number of anilines is 2. The lowest BCUT2D eigenvalue weighted by atomic mass is 10.1. The molecule has 0 bridgehead atoms. The summed E-state index contributed by atoms with van der Waals surface area (Å²) in [5.74, 6) is -0.378. The van der Waals surface area contributed by atoms with E-state index >= 15 is 0 Å². The lowest BCUT2D eigenvalue weighted by molar-refractivity contribution is -0.128. The predicted molar refractivity (Wildman–Crippen MR) is 78.5 cm³/mol. The molecule has 0 saturated carbocycles. The number of nitrogens with two attached hydrogens (primary N) is 2. The molecule has 0 atom stereocenters. The van der Waals surface area contributed by atoms with E-state index in [-0.39, 0.29) is 5.91 Å². The Morgan fingerprint density at radius 3 is 2.55 bits per heavy atom. The van der Waals surface area contributed by atoms with Gasteiger partial charge in [-0.25, -0.2) is 0 Å². The number of hydrogen-bond donors (Lipinski definition) is 2. The number of amides is 2. The summed E-state index contributed by atoms with van der Waals surface area (Å²) in [6, 6.07) is 5.05. The van der Waals surface area contributed by atoms with Crippen molar-refractivity contribution in [3.8, 4) is 0 Å². The van der Waals surface area contributed by atoms with Crippen LogP contribution < -0.4 is 16.4 Å². The zero-order valence-electron chi connectivity index (χ0n) is 11.6. The van der Waals surface area contributed by atoms with Crippen LogP contribution in [0, 0.1) is 0 Å². The summed E-state index contributed by atoms with van der Waals surface area (Å²) in [6.45, 7) is 4.50. The monoisotopic (exact) mass is 276 g/mol. The number of nitrogens with zero attached hydrogens (tertiary/aromatic N) is 2. The Kier molecular flexibility index (Phi) is 4.12. The van der Waals surface area contributed by atoms with Crippen LogP contribution in [0.15, 0.2) is 18.2 Å². The Balaban J connectivity index is 2.21. The van der Waals surface area contributed by atoms with Crippen LogP contribution >= 0.6 is 0 Å². The van der Waals surface area contributed by atoms with Gasteiger partial charge in [0.15, 0.2) is 0 Å². The van der Waals surface area contributed by atoms with Gasteiger partial charge in [-0.3, -0.25) is 9.59 Å². The summed E-state index contributed by atoms with van der Waals surface area (Å²) in [7, 11) is 0. The van der Waals surface area contributed by atoms with Crippen molar-refractivity contribution < 1.29 is 9.59 Å². The molecule has 1 aliphatic heterocycles. The maximum Gasteiger partial charge on any atom is 0.248 e. The maximum atomic E-state index is 11.4. The lowest BCUT2D eigenvalue weighted by Crippen LogP contribution is -2.33. The van der Waals surface area contributed by atoms with Crippen LogP contribution in [0.3, 0.4) is 0 Å². The van der Waals surface area contributed by atoms with Crippen LogP contribution in [0.1, 0.15) is 23.7 Å². The minimum Gasteiger partial charge on any atom is -0.397 e. The van der Waals surface area contributed by atoms with Crippen LogP contribution in [0.4, 0.5) is 11.4 Å². The molecule has 20 heavy (non-hydrogen) atoms. The molecule has 1 heterocycles. The van der Waals surface area contributed by atoms with Gasteiger partial charge in [0.2, 0.25) is 11.8 Å². The van der Waals surface area contributed by atoms with Crippen molar-refractivity contribution >= 4 is 23.2 Å². The van der Waals surface area contributed by atoms with Crippen LogP contribution in [-0.2, 0) is 4.79 Å². The highest BCUT2D eigenvalue weighted by molar-refractivity contribution is 5.95. The minimum absolute atomic E-state index is 0.0886. The molecule has 1 fully saturated rings. The summed E-state index contributed by atoms with van der Waals surface area (Å²) < 4.78 is 0. The Hall–Kier alpha value is -2.24. The predicted octanol–water partition coefficient (Wildman–Crippen LogP) is 0.426. The van der Waals surface area contributed by atoms with Gasteiger partial charge < -0.3 is 21.3 Å². The van der Waals surface area contributed by atoms with Crippen molar-refractivity contribution in [3.63, 3.8) is 0 Å². The Morgan fingerprint density at radius 1 is 1.15 bits per heavy atom. The summed E-state index contributed by atoms with van der Waals surface area (Å²) >= 11 is 0. The van der Waals surface area contributed by atoms with E-state index in [1.54, 1.807) is 25.1 Å². The van der Waals surface area contributed by atoms with Crippen molar-refractivity contribution in [2.24, 2.45) is 5.73 Å². The topological polar surface area (TPSA) is 92.7 Å². The average molecular weight is 276 g/mol. The Labute approximate surface area is 118 Å². The molecule has 0 spiro atoms. The highest BCUT2D eigenvalue weighted by Crippen LogP contribution is 2.25. The molecule has 1 saturated heterocycles. The van der Waals surface area contributed by atoms with Gasteiger partial charge >= 0.3 is 0 Å². The Morgan fingerprint density at radius 2 is 1.90 bits per heavy atom. The Bertz CT molecular complexity index is 530. The van der Waals surface area contributed by atoms with Gasteiger partial charge in [-0.2, -0.15) is 0 Å². The molecule has 6 heteroatoms. The normalized spacial score (nSPS) is 15.8. The first-order valence-corrected chi connectivity index (χ1v) is 6.69. The third-order valence-electron chi connectivity index (χ3n) is 3.60. The van der Waals surface area contributed by atoms with E-state index in [4.69, 9.17) is 11.5 Å². The van der Waals surface area contributed by atoms with Crippen LogP contribution in [0.5, 0.6) is 0 Å². The molecule has 108 valence electrons. The van der Waals surface area contributed by atoms with E-state index in [0.29, 0.717) is 24.3 Å². The summed E-state index contributed by atoms with van der Waals surface area (Å²) in [5, 5.41) is 0. The largest absolute Gasteiger partial charge is 0.397 e. The second-order valence-electron chi connectivity index (χ2n) is 4.98. The first-order chi connectivity index (χ1) is 9.49. The van der Waals surface area contributed by atoms with E-state index in [9.17, 15) is 9.59 Å². The zero-order valence-corrected chi connectivity index (χ0v) is 11.6. The molecule has 2 amide bonds. The van der Waals surface area contributed by atoms with Crippen LogP contribution in [0.25, 0.3) is 0 Å². The smallest absolute Gasteiger partial charge is 0.248 e. The maximum absolute atomic E-state index is 11.4. The molecule has 2 rings (SSSR count). The summed E-state index contributed by atoms with van der Waals surface area (Å²) in [5.41, 5.74) is 13.2. The number of benzene rings is 1. The molecule has 0 aliphatic carbocycles. The van der Waals surface area contributed by atoms with Gasteiger partial charge in [-0.05, 0) is 24.6 Å². The van der Waals surface area contributed by atoms with Crippen molar-refractivity contribution in [2.45, 2.75) is 13.3 Å². The molecular weight excluding hydrogens is 256 g/mol. The van der Waals surface area contributed by atoms with Crippen LogP contribution in [0.2, 0.25) is 0 Å². The van der Waals surface area contributed by atoms with E-state index in [2.05, 4.69) is 4.90 Å². The van der Waals surface area contributed by atoms with Crippen molar-refractivity contribution in [2.75, 3.05) is 36.8 Å². The first kappa shape index (κ1) is 14.2. The standard InChI is InChI=1S/C14H20N4O2/c1-10(19)17-5-2-6-18(8-7-17)13-9-11(14(16)20)3-4-12(13)15/h3-4,9H,2,5-8,15H2,1H3,(H2,16,20). The molecule has 4 N–H and O–H groups in total. The summed E-state index contributed by atoms with van der Waals surface area (Å²) in [4.78, 5) is 26.6. The number of carbonyl (C=O) groups excluding carboxylic acids is 2.